The van der Waals surface area contributed by atoms with Crippen LogP contribution in [0.4, 0.5) is 5.69 Å². The van der Waals surface area contributed by atoms with Gasteiger partial charge < -0.3 is 10.1 Å². The van der Waals surface area contributed by atoms with E-state index in [4.69, 9.17) is 27.9 Å². The van der Waals surface area contributed by atoms with Crippen LogP contribution in [0.25, 0.3) is 0 Å². The molecule has 0 saturated heterocycles. The van der Waals surface area contributed by atoms with Crippen LogP contribution in [-0.4, -0.2) is 18.0 Å². The molecule has 2 heterocycles. The summed E-state index contributed by atoms with van der Waals surface area (Å²) in [6.45, 7) is 1.82. The van der Waals surface area contributed by atoms with Crippen LogP contribution in [-0.2, 0) is 10.2 Å². The Bertz CT molecular complexity index is 748. The molecule has 0 aliphatic carbocycles. The van der Waals surface area contributed by atoms with E-state index in [0.29, 0.717) is 27.2 Å². The first-order valence-corrected chi connectivity index (χ1v) is 7.04. The van der Waals surface area contributed by atoms with Crippen molar-refractivity contribution in [2.75, 3.05) is 12.4 Å². The van der Waals surface area contributed by atoms with Gasteiger partial charge in [0.2, 0.25) is 5.91 Å². The van der Waals surface area contributed by atoms with E-state index >= 15 is 0 Å². The highest BCUT2D eigenvalue weighted by molar-refractivity contribution is 6.31. The van der Waals surface area contributed by atoms with Gasteiger partial charge in [0.25, 0.3) is 0 Å². The summed E-state index contributed by atoms with van der Waals surface area (Å²) >= 11 is 12.0. The van der Waals surface area contributed by atoms with E-state index in [-0.39, 0.29) is 5.91 Å². The quantitative estimate of drug-likeness (QED) is 0.858. The van der Waals surface area contributed by atoms with E-state index in [0.717, 1.165) is 5.56 Å². The van der Waals surface area contributed by atoms with Crippen LogP contribution >= 0.6 is 23.2 Å². The second kappa shape index (κ2) is 4.90. The highest BCUT2D eigenvalue weighted by Gasteiger charge is 2.46. The fourth-order valence-corrected chi connectivity index (χ4v) is 2.97. The molecule has 0 saturated carbocycles. The Morgan fingerprint density at radius 3 is 2.71 bits per heavy atom. The molecule has 0 radical (unpaired) electrons. The molecule has 1 aliphatic rings. The van der Waals surface area contributed by atoms with Crippen LogP contribution in [0.1, 0.15) is 18.1 Å². The number of hydrogen-bond donors (Lipinski definition) is 1. The standard InChI is InChI=1S/C15H12Cl2N2O2/c1-15(9-5-8(16)3-4-12(9)21-2)10-7-18-13(17)6-11(10)19-14(15)20/h3-7H,1-2H3,(H,19,20)/t15-/m0/s1. The molecule has 1 aromatic carbocycles. The van der Waals surface area contributed by atoms with Gasteiger partial charge in [-0.15, -0.1) is 0 Å². The number of carbonyl (C=O) groups excluding carboxylic acids is 1. The van der Waals surface area contributed by atoms with Crippen molar-refractivity contribution in [1.82, 2.24) is 4.98 Å². The van der Waals surface area contributed by atoms with Gasteiger partial charge in [-0.25, -0.2) is 4.98 Å². The molecule has 1 aliphatic heterocycles. The van der Waals surface area contributed by atoms with Gasteiger partial charge in [-0.3, -0.25) is 4.79 Å². The zero-order valence-corrected chi connectivity index (χ0v) is 12.9. The minimum atomic E-state index is -0.927. The van der Waals surface area contributed by atoms with Crippen LogP contribution in [0.5, 0.6) is 5.75 Å². The molecule has 3 rings (SSSR count). The molecular weight excluding hydrogens is 311 g/mol. The van der Waals surface area contributed by atoms with Gasteiger partial charge >= 0.3 is 0 Å². The first-order valence-electron chi connectivity index (χ1n) is 6.28. The lowest BCUT2D eigenvalue weighted by molar-refractivity contribution is -0.119. The normalized spacial score (nSPS) is 20.1. The fourth-order valence-electron chi connectivity index (χ4n) is 2.64. The number of pyridine rings is 1. The van der Waals surface area contributed by atoms with Crippen LogP contribution in [0, 0.1) is 0 Å². The van der Waals surface area contributed by atoms with E-state index in [9.17, 15) is 4.79 Å². The summed E-state index contributed by atoms with van der Waals surface area (Å²) in [4.78, 5) is 16.6. The summed E-state index contributed by atoms with van der Waals surface area (Å²) < 4.78 is 5.38. The van der Waals surface area contributed by atoms with Gasteiger partial charge in [-0.1, -0.05) is 23.2 Å². The molecule has 0 unspecified atom stereocenters. The summed E-state index contributed by atoms with van der Waals surface area (Å²) in [6.07, 6.45) is 1.61. The molecule has 1 atom stereocenters. The number of fused-ring (bicyclic) bond motifs is 1. The topological polar surface area (TPSA) is 51.2 Å². The number of ether oxygens (including phenoxy) is 1. The van der Waals surface area contributed by atoms with E-state index in [1.54, 1.807) is 37.6 Å². The summed E-state index contributed by atoms with van der Waals surface area (Å²) in [5.74, 6) is 0.432. The zero-order valence-electron chi connectivity index (χ0n) is 11.4. The predicted molar refractivity (Wildman–Crippen MR) is 82.3 cm³/mol. The van der Waals surface area contributed by atoms with Crippen LogP contribution in [0.2, 0.25) is 10.2 Å². The monoisotopic (exact) mass is 322 g/mol. The largest absolute Gasteiger partial charge is 0.496 e. The Kier molecular flexibility index (Phi) is 3.30. The Morgan fingerprint density at radius 1 is 1.24 bits per heavy atom. The number of amides is 1. The van der Waals surface area contributed by atoms with E-state index in [1.807, 2.05) is 6.92 Å². The number of nitrogens with zero attached hydrogens (tertiary/aromatic N) is 1. The highest BCUT2D eigenvalue weighted by Crippen LogP contribution is 2.46. The molecule has 6 heteroatoms. The van der Waals surface area contributed by atoms with Crippen molar-refractivity contribution >= 4 is 34.8 Å². The lowest BCUT2D eigenvalue weighted by Crippen LogP contribution is -2.32. The lowest BCUT2D eigenvalue weighted by Gasteiger charge is -2.25. The number of rotatable bonds is 2. The number of hydrogen-bond acceptors (Lipinski definition) is 3. The number of carbonyl (C=O) groups is 1. The Morgan fingerprint density at radius 2 is 2.00 bits per heavy atom. The summed E-state index contributed by atoms with van der Waals surface area (Å²) in [7, 11) is 1.56. The minimum Gasteiger partial charge on any atom is -0.496 e. The van der Waals surface area contributed by atoms with Crippen molar-refractivity contribution in [1.29, 1.82) is 0 Å². The Labute approximate surface area is 132 Å². The molecule has 1 N–H and O–H groups in total. The molecule has 2 aromatic rings. The van der Waals surface area contributed by atoms with Gasteiger partial charge in [0.1, 0.15) is 16.3 Å². The van der Waals surface area contributed by atoms with Crippen molar-refractivity contribution < 1.29 is 9.53 Å². The first kappa shape index (κ1) is 14.2. The van der Waals surface area contributed by atoms with Crippen LogP contribution < -0.4 is 10.1 Å². The van der Waals surface area contributed by atoms with Gasteiger partial charge in [0.05, 0.1) is 7.11 Å². The highest BCUT2D eigenvalue weighted by atomic mass is 35.5. The van der Waals surface area contributed by atoms with Crippen molar-refractivity contribution in [2.24, 2.45) is 0 Å². The van der Waals surface area contributed by atoms with E-state index < -0.39 is 5.41 Å². The van der Waals surface area contributed by atoms with Crippen molar-refractivity contribution in [3.63, 3.8) is 0 Å². The molecule has 1 amide bonds. The van der Waals surface area contributed by atoms with Crippen molar-refractivity contribution in [3.8, 4) is 5.75 Å². The molecular formula is C15H12Cl2N2O2. The summed E-state index contributed by atoms with van der Waals surface area (Å²) in [5, 5.41) is 3.70. The zero-order chi connectivity index (χ0) is 15.2. The summed E-state index contributed by atoms with van der Waals surface area (Å²) in [5.41, 5.74) is 1.17. The van der Waals surface area contributed by atoms with Crippen LogP contribution in [0.3, 0.4) is 0 Å². The number of halogens is 2. The molecule has 21 heavy (non-hydrogen) atoms. The Balaban J connectivity index is 2.27. The van der Waals surface area contributed by atoms with Crippen molar-refractivity contribution in [3.05, 3.63) is 51.8 Å². The number of methoxy groups -OCH3 is 1. The van der Waals surface area contributed by atoms with Gasteiger partial charge in [-0.05, 0) is 31.2 Å². The second-order valence-electron chi connectivity index (χ2n) is 4.98. The Hall–Kier alpha value is -1.78. The fraction of sp³-hybridized carbons (Fsp3) is 0.200. The molecule has 0 fully saturated rings. The minimum absolute atomic E-state index is 0.165. The van der Waals surface area contributed by atoms with E-state index in [2.05, 4.69) is 10.3 Å². The van der Waals surface area contributed by atoms with E-state index in [1.165, 1.54) is 0 Å². The number of nitrogens with one attached hydrogen (secondary N) is 1. The number of anilines is 1. The average molecular weight is 323 g/mol. The number of aromatic nitrogens is 1. The summed E-state index contributed by atoms with van der Waals surface area (Å²) in [6, 6.07) is 6.85. The molecule has 1 aromatic heterocycles. The SMILES string of the molecule is COc1ccc(Cl)cc1[C@]1(C)C(=O)Nc2cc(Cl)ncc21. The maximum atomic E-state index is 12.6. The van der Waals surface area contributed by atoms with Crippen molar-refractivity contribution in [2.45, 2.75) is 12.3 Å². The average Bonchev–Trinajstić information content (AvgIpc) is 2.70. The first-order chi connectivity index (χ1) is 9.96. The van der Waals surface area contributed by atoms with Gasteiger partial charge in [-0.2, -0.15) is 0 Å². The van der Waals surface area contributed by atoms with Gasteiger partial charge in [0.15, 0.2) is 0 Å². The third kappa shape index (κ3) is 2.06. The van der Waals surface area contributed by atoms with Gasteiger partial charge in [0, 0.05) is 28.0 Å². The molecule has 0 bridgehead atoms. The van der Waals surface area contributed by atoms with Crippen LogP contribution in [0.15, 0.2) is 30.5 Å². The maximum absolute atomic E-state index is 12.6. The third-order valence-electron chi connectivity index (χ3n) is 3.81. The number of benzene rings is 1. The molecule has 0 spiro atoms. The third-order valence-corrected chi connectivity index (χ3v) is 4.25. The predicted octanol–water partition coefficient (Wildman–Crippen LogP) is 3.66. The molecule has 4 nitrogen and oxygen atoms in total. The second-order valence-corrected chi connectivity index (χ2v) is 5.80. The molecule has 108 valence electrons. The smallest absolute Gasteiger partial charge is 0.239 e. The maximum Gasteiger partial charge on any atom is 0.239 e. The lowest BCUT2D eigenvalue weighted by atomic mass is 9.77.